The van der Waals surface area contributed by atoms with E-state index in [-0.39, 0.29) is 18.4 Å². The fourth-order valence-corrected chi connectivity index (χ4v) is 5.36. The van der Waals surface area contributed by atoms with E-state index in [1.165, 1.54) is 6.08 Å². The van der Waals surface area contributed by atoms with Crippen LogP contribution in [0.2, 0.25) is 0 Å². The van der Waals surface area contributed by atoms with Gasteiger partial charge in [-0.2, -0.15) is 9.97 Å². The van der Waals surface area contributed by atoms with Gasteiger partial charge in [0.15, 0.2) is 0 Å². The number of ether oxygens (including phenoxy) is 1. The molecule has 2 aliphatic rings. The van der Waals surface area contributed by atoms with E-state index in [9.17, 15) is 15.0 Å². The molecule has 206 valence electrons. The fourth-order valence-electron chi connectivity index (χ4n) is 5.36. The van der Waals surface area contributed by atoms with E-state index in [4.69, 9.17) is 14.7 Å². The minimum atomic E-state index is -0.184. The molecule has 0 amide bonds. The highest BCUT2D eigenvalue weighted by atomic mass is 16.5. The molecule has 0 unspecified atom stereocenters. The second-order valence-electron chi connectivity index (χ2n) is 10.3. The molecular formula is C29H36N6O4. The molecule has 0 bridgehead atoms. The first-order chi connectivity index (χ1) is 19.0. The highest BCUT2D eigenvalue weighted by Crippen LogP contribution is 2.36. The lowest BCUT2D eigenvalue weighted by Crippen LogP contribution is -2.54. The van der Waals surface area contributed by atoms with E-state index in [1.54, 1.807) is 12.3 Å². The van der Waals surface area contributed by atoms with Crippen LogP contribution < -0.4 is 14.5 Å². The van der Waals surface area contributed by atoms with Gasteiger partial charge in [0, 0.05) is 61.6 Å². The number of phenolic OH excluding ortho intramolecular Hbond substituents is 1. The van der Waals surface area contributed by atoms with Crippen molar-refractivity contribution < 1.29 is 19.7 Å². The summed E-state index contributed by atoms with van der Waals surface area (Å²) in [4.78, 5) is 29.0. The first-order valence-corrected chi connectivity index (χ1v) is 13.3. The van der Waals surface area contributed by atoms with Crippen LogP contribution in [-0.4, -0.2) is 102 Å². The number of aromatic nitrogens is 2. The summed E-state index contributed by atoms with van der Waals surface area (Å²) in [6, 6.07) is 11.8. The molecule has 3 aromatic rings. The molecule has 0 aliphatic carbocycles. The van der Waals surface area contributed by atoms with Crippen molar-refractivity contribution >= 4 is 28.6 Å². The van der Waals surface area contributed by atoms with Crippen LogP contribution in [0.15, 0.2) is 48.7 Å². The lowest BCUT2D eigenvalue weighted by Gasteiger charge is -2.42. The van der Waals surface area contributed by atoms with Gasteiger partial charge in [-0.15, -0.1) is 0 Å². The third kappa shape index (κ3) is 5.91. The van der Waals surface area contributed by atoms with Gasteiger partial charge in [0.05, 0.1) is 24.9 Å². The molecule has 1 fully saturated rings. The van der Waals surface area contributed by atoms with Gasteiger partial charge in [-0.05, 0) is 38.0 Å². The Bertz CT molecular complexity index is 1350. The maximum atomic E-state index is 10.8. The third-order valence-electron chi connectivity index (χ3n) is 7.33. The van der Waals surface area contributed by atoms with Crippen molar-refractivity contribution in [2.75, 3.05) is 69.8 Å². The SMILES string of the molecule is CN(C)CCOc1nc2c(c(N3CCN(C=CC=O)C[C@H]3CO)n1)CCN(c1cc(O)cc3ccccc13)C2. The summed E-state index contributed by atoms with van der Waals surface area (Å²) in [6.45, 7) is 4.38. The Morgan fingerprint density at radius 3 is 2.79 bits per heavy atom. The van der Waals surface area contributed by atoms with Gasteiger partial charge >= 0.3 is 6.01 Å². The molecule has 10 heteroatoms. The monoisotopic (exact) mass is 532 g/mol. The van der Waals surface area contributed by atoms with E-state index in [0.717, 1.165) is 59.3 Å². The lowest BCUT2D eigenvalue weighted by molar-refractivity contribution is -0.104. The van der Waals surface area contributed by atoms with Crippen LogP contribution in [0.4, 0.5) is 11.5 Å². The van der Waals surface area contributed by atoms with Crippen LogP contribution in [-0.2, 0) is 17.8 Å². The number of anilines is 2. The highest BCUT2D eigenvalue weighted by molar-refractivity contribution is 5.95. The average molecular weight is 533 g/mol. The topological polar surface area (TPSA) is 106 Å². The summed E-state index contributed by atoms with van der Waals surface area (Å²) in [6.07, 6.45) is 4.73. The summed E-state index contributed by atoms with van der Waals surface area (Å²) in [5.74, 6) is 1.04. The summed E-state index contributed by atoms with van der Waals surface area (Å²) in [5, 5.41) is 22.8. The Kier molecular flexibility index (Phi) is 8.13. The Morgan fingerprint density at radius 2 is 2.00 bits per heavy atom. The molecule has 10 nitrogen and oxygen atoms in total. The zero-order valence-electron chi connectivity index (χ0n) is 22.5. The van der Waals surface area contributed by atoms with E-state index in [2.05, 4.69) is 15.9 Å². The van der Waals surface area contributed by atoms with Crippen LogP contribution in [0, 0.1) is 0 Å². The van der Waals surface area contributed by atoms with E-state index in [0.29, 0.717) is 38.8 Å². The van der Waals surface area contributed by atoms with Gasteiger partial charge in [-0.3, -0.25) is 4.79 Å². The molecule has 1 aromatic heterocycles. The molecule has 39 heavy (non-hydrogen) atoms. The number of fused-ring (bicyclic) bond motifs is 2. The number of aromatic hydroxyl groups is 1. The first-order valence-electron chi connectivity index (χ1n) is 13.3. The second-order valence-corrected chi connectivity index (χ2v) is 10.3. The fraction of sp³-hybridized carbons (Fsp3) is 0.414. The first kappa shape index (κ1) is 26.7. The zero-order chi connectivity index (χ0) is 27.4. The van der Waals surface area contributed by atoms with Crippen LogP contribution >= 0.6 is 0 Å². The van der Waals surface area contributed by atoms with Gasteiger partial charge in [-0.25, -0.2) is 0 Å². The van der Waals surface area contributed by atoms with Crippen LogP contribution in [0.3, 0.4) is 0 Å². The number of piperazine rings is 1. The van der Waals surface area contributed by atoms with Crippen molar-refractivity contribution in [2.24, 2.45) is 0 Å². The number of aliphatic hydroxyl groups is 1. The van der Waals surface area contributed by atoms with Gasteiger partial charge in [0.25, 0.3) is 0 Å². The smallest absolute Gasteiger partial charge is 0.318 e. The Balaban J connectivity index is 1.49. The van der Waals surface area contributed by atoms with E-state index < -0.39 is 0 Å². The predicted molar refractivity (Wildman–Crippen MR) is 151 cm³/mol. The van der Waals surface area contributed by atoms with Crippen molar-refractivity contribution in [3.8, 4) is 11.8 Å². The highest BCUT2D eigenvalue weighted by Gasteiger charge is 2.32. The summed E-state index contributed by atoms with van der Waals surface area (Å²) in [7, 11) is 3.98. The number of hydrogen-bond acceptors (Lipinski definition) is 10. The molecule has 3 heterocycles. The Hall–Kier alpha value is -3.89. The largest absolute Gasteiger partial charge is 0.508 e. The number of hydrogen-bond donors (Lipinski definition) is 2. The second kappa shape index (κ2) is 11.9. The zero-order valence-corrected chi connectivity index (χ0v) is 22.5. The lowest BCUT2D eigenvalue weighted by atomic mass is 10.0. The summed E-state index contributed by atoms with van der Waals surface area (Å²) in [5.41, 5.74) is 2.92. The minimum Gasteiger partial charge on any atom is -0.508 e. The number of benzene rings is 2. The van der Waals surface area contributed by atoms with E-state index in [1.807, 2.05) is 48.2 Å². The number of aliphatic hydroxyl groups excluding tert-OH is 1. The number of carbonyl (C=O) groups is 1. The Labute approximate surface area is 228 Å². The number of nitrogens with zero attached hydrogens (tertiary/aromatic N) is 6. The van der Waals surface area contributed by atoms with Crippen molar-refractivity contribution in [2.45, 2.75) is 19.0 Å². The number of likely N-dealkylation sites (N-methyl/N-ethyl adjacent to an activating group) is 1. The quantitative estimate of drug-likeness (QED) is 0.314. The predicted octanol–water partition coefficient (Wildman–Crippen LogP) is 2.03. The van der Waals surface area contributed by atoms with Crippen molar-refractivity contribution in [1.29, 1.82) is 0 Å². The van der Waals surface area contributed by atoms with Gasteiger partial charge in [0.1, 0.15) is 24.5 Å². The molecule has 5 rings (SSSR count). The number of phenols is 1. The third-order valence-corrected chi connectivity index (χ3v) is 7.33. The molecule has 1 atom stereocenters. The maximum absolute atomic E-state index is 10.8. The van der Waals surface area contributed by atoms with Gasteiger partial charge in [-0.1, -0.05) is 24.3 Å². The average Bonchev–Trinajstić information content (AvgIpc) is 2.94. The van der Waals surface area contributed by atoms with Crippen molar-refractivity contribution in [1.82, 2.24) is 19.8 Å². The number of carbonyl (C=O) groups excluding carboxylic acids is 1. The summed E-state index contributed by atoms with van der Waals surface area (Å²) >= 11 is 0. The number of aldehydes is 1. The normalized spacial score (nSPS) is 17.7. The standard InChI is InChI=1S/C29H36N6O4/c1-32(2)13-15-39-29-30-26-19-34(27-17-23(38)16-21-6-3-4-7-24(21)27)10-8-25(26)28(31-29)35-12-11-33(9-5-14-36)18-22(35)20-37/h3-7,9,14,16-17,22,37-38H,8,10-13,15,18-20H2,1-2H3/t22-/m0/s1. The molecule has 2 aliphatic heterocycles. The Morgan fingerprint density at radius 1 is 1.15 bits per heavy atom. The molecule has 2 aromatic carbocycles. The molecule has 0 spiro atoms. The van der Waals surface area contributed by atoms with Crippen molar-refractivity contribution in [3.05, 3.63) is 59.9 Å². The molecule has 1 saturated heterocycles. The van der Waals surface area contributed by atoms with Gasteiger partial charge in [0.2, 0.25) is 0 Å². The molecule has 0 saturated carbocycles. The molecule has 2 N–H and O–H groups in total. The number of rotatable bonds is 9. The van der Waals surface area contributed by atoms with E-state index >= 15 is 0 Å². The minimum absolute atomic E-state index is 0.0393. The van der Waals surface area contributed by atoms with Gasteiger partial charge < -0.3 is 34.5 Å². The van der Waals surface area contributed by atoms with Crippen LogP contribution in [0.1, 0.15) is 11.3 Å². The van der Waals surface area contributed by atoms with Crippen LogP contribution in [0.25, 0.3) is 10.8 Å². The van der Waals surface area contributed by atoms with Crippen LogP contribution in [0.5, 0.6) is 11.8 Å². The molecular weight excluding hydrogens is 496 g/mol. The number of allylic oxidation sites excluding steroid dienone is 1. The van der Waals surface area contributed by atoms with Crippen molar-refractivity contribution in [3.63, 3.8) is 0 Å². The molecule has 0 radical (unpaired) electrons. The summed E-state index contributed by atoms with van der Waals surface area (Å²) < 4.78 is 6.02. The maximum Gasteiger partial charge on any atom is 0.318 e.